The number of thiophene rings is 1. The Morgan fingerprint density at radius 3 is 2.46 bits per heavy atom. The fourth-order valence-electron chi connectivity index (χ4n) is 2.26. The second-order valence-electron chi connectivity index (χ2n) is 5.37. The Bertz CT molecular complexity index is 925. The third-order valence-corrected chi connectivity index (χ3v) is 4.44. The molecule has 0 saturated carbocycles. The number of allylic oxidation sites excluding steroid dienone is 1. The average Bonchev–Trinajstić information content (AvgIpc) is 3.21. The lowest BCUT2D eigenvalue weighted by molar-refractivity contribution is 0.0739. The van der Waals surface area contributed by atoms with E-state index in [0.717, 1.165) is 5.56 Å². The molecule has 3 rings (SSSR count). The first-order chi connectivity index (χ1) is 12.7. The highest BCUT2D eigenvalue weighted by atomic mass is 32.1. The number of carbonyl (C=O) groups excluding carboxylic acids is 2. The molecule has 2 aromatic carbocycles. The summed E-state index contributed by atoms with van der Waals surface area (Å²) in [6, 6.07) is 17.4. The minimum atomic E-state index is -0.393. The number of methoxy groups -OCH3 is 1. The Labute approximate surface area is 155 Å². The van der Waals surface area contributed by atoms with Crippen LogP contribution in [-0.2, 0) is 0 Å². The molecule has 130 valence electrons. The molecule has 0 amide bonds. The third-order valence-electron chi connectivity index (χ3n) is 3.59. The quantitative estimate of drug-likeness (QED) is 0.271. The van der Waals surface area contributed by atoms with Crippen LogP contribution >= 0.6 is 11.3 Å². The standard InChI is InChI=1S/C21H16O4S/c1-24-17-10-8-16(9-11-17)19(22)12-7-15-4-2-5-18(14-15)25-21(23)20-6-3-13-26-20/h2-14H,1H3. The summed E-state index contributed by atoms with van der Waals surface area (Å²) in [5.41, 5.74) is 1.34. The van der Waals surface area contributed by atoms with Crippen LogP contribution in [-0.4, -0.2) is 18.9 Å². The Hall–Kier alpha value is -3.18. The lowest BCUT2D eigenvalue weighted by atomic mass is 10.1. The van der Waals surface area contributed by atoms with Crippen molar-refractivity contribution >= 4 is 29.2 Å². The molecule has 0 unspecified atom stereocenters. The molecule has 4 nitrogen and oxygen atoms in total. The zero-order chi connectivity index (χ0) is 18.4. The van der Waals surface area contributed by atoms with Crippen LogP contribution < -0.4 is 9.47 Å². The van der Waals surface area contributed by atoms with Gasteiger partial charge in [0.1, 0.15) is 16.4 Å². The van der Waals surface area contributed by atoms with Gasteiger partial charge >= 0.3 is 5.97 Å². The van der Waals surface area contributed by atoms with Gasteiger partial charge in [-0.15, -0.1) is 11.3 Å². The van der Waals surface area contributed by atoms with Gasteiger partial charge in [0.25, 0.3) is 0 Å². The first-order valence-corrected chi connectivity index (χ1v) is 8.76. The first-order valence-electron chi connectivity index (χ1n) is 7.88. The minimum absolute atomic E-state index is 0.117. The zero-order valence-corrected chi connectivity index (χ0v) is 14.9. The van der Waals surface area contributed by atoms with Crippen molar-refractivity contribution in [3.63, 3.8) is 0 Å². The number of ether oxygens (including phenoxy) is 2. The van der Waals surface area contributed by atoms with Gasteiger partial charge in [-0.3, -0.25) is 4.79 Å². The van der Waals surface area contributed by atoms with Crippen LogP contribution in [0.1, 0.15) is 25.6 Å². The second kappa shape index (κ2) is 8.27. The summed E-state index contributed by atoms with van der Waals surface area (Å²) >= 11 is 1.33. The Morgan fingerprint density at radius 2 is 1.77 bits per heavy atom. The highest BCUT2D eigenvalue weighted by molar-refractivity contribution is 7.12. The van der Waals surface area contributed by atoms with Gasteiger partial charge in [0.2, 0.25) is 0 Å². The average molecular weight is 364 g/mol. The summed E-state index contributed by atoms with van der Waals surface area (Å²) in [6.45, 7) is 0. The van der Waals surface area contributed by atoms with Crippen molar-refractivity contribution < 1.29 is 19.1 Å². The molecule has 1 heterocycles. The number of esters is 1. The van der Waals surface area contributed by atoms with E-state index in [1.807, 2.05) is 11.4 Å². The highest BCUT2D eigenvalue weighted by Gasteiger charge is 2.09. The van der Waals surface area contributed by atoms with Gasteiger partial charge in [0, 0.05) is 5.56 Å². The van der Waals surface area contributed by atoms with Gasteiger partial charge in [-0.05, 0) is 59.5 Å². The van der Waals surface area contributed by atoms with Crippen molar-refractivity contribution in [2.45, 2.75) is 0 Å². The van der Waals surface area contributed by atoms with Gasteiger partial charge in [-0.1, -0.05) is 24.3 Å². The minimum Gasteiger partial charge on any atom is -0.497 e. The molecule has 26 heavy (non-hydrogen) atoms. The number of rotatable bonds is 6. The molecule has 0 radical (unpaired) electrons. The molecule has 0 aliphatic heterocycles. The van der Waals surface area contributed by atoms with Crippen molar-refractivity contribution in [1.82, 2.24) is 0 Å². The smallest absolute Gasteiger partial charge is 0.353 e. The van der Waals surface area contributed by atoms with Crippen LogP contribution in [0.5, 0.6) is 11.5 Å². The van der Waals surface area contributed by atoms with Crippen molar-refractivity contribution in [2.75, 3.05) is 7.11 Å². The maximum Gasteiger partial charge on any atom is 0.353 e. The number of hydrogen-bond donors (Lipinski definition) is 0. The predicted octanol–water partition coefficient (Wildman–Crippen LogP) is 4.87. The van der Waals surface area contributed by atoms with Crippen LogP contribution in [0.4, 0.5) is 0 Å². The first kappa shape index (κ1) is 17.6. The summed E-state index contributed by atoms with van der Waals surface area (Å²) in [5, 5.41) is 1.82. The van der Waals surface area contributed by atoms with Crippen molar-refractivity contribution in [2.24, 2.45) is 0 Å². The van der Waals surface area contributed by atoms with Crippen LogP contribution in [0.2, 0.25) is 0 Å². The number of carbonyl (C=O) groups is 2. The topological polar surface area (TPSA) is 52.6 Å². The summed E-state index contributed by atoms with van der Waals surface area (Å²) in [6.07, 6.45) is 3.18. The molecule has 0 fully saturated rings. The van der Waals surface area contributed by atoms with Gasteiger partial charge in [0.15, 0.2) is 5.78 Å². The van der Waals surface area contributed by atoms with E-state index in [0.29, 0.717) is 21.9 Å². The monoisotopic (exact) mass is 364 g/mol. The van der Waals surface area contributed by atoms with E-state index in [9.17, 15) is 9.59 Å². The second-order valence-corrected chi connectivity index (χ2v) is 6.31. The summed E-state index contributed by atoms with van der Waals surface area (Å²) in [7, 11) is 1.58. The molecule has 0 spiro atoms. The van der Waals surface area contributed by atoms with E-state index in [-0.39, 0.29) is 5.78 Å². The van der Waals surface area contributed by atoms with E-state index in [4.69, 9.17) is 9.47 Å². The van der Waals surface area contributed by atoms with Gasteiger partial charge in [-0.25, -0.2) is 4.79 Å². The molecule has 5 heteroatoms. The maximum atomic E-state index is 12.2. The van der Waals surface area contributed by atoms with Crippen molar-refractivity contribution in [1.29, 1.82) is 0 Å². The van der Waals surface area contributed by atoms with E-state index in [2.05, 4.69) is 0 Å². The Morgan fingerprint density at radius 1 is 0.962 bits per heavy atom. The van der Waals surface area contributed by atoms with Crippen LogP contribution in [0, 0.1) is 0 Å². The van der Waals surface area contributed by atoms with E-state index < -0.39 is 5.97 Å². The van der Waals surface area contributed by atoms with Crippen LogP contribution in [0.25, 0.3) is 6.08 Å². The van der Waals surface area contributed by atoms with Gasteiger partial charge < -0.3 is 9.47 Å². The zero-order valence-electron chi connectivity index (χ0n) is 14.0. The maximum absolute atomic E-state index is 12.2. The number of hydrogen-bond acceptors (Lipinski definition) is 5. The molecule has 1 aromatic heterocycles. The molecule has 0 N–H and O–H groups in total. The summed E-state index contributed by atoms with van der Waals surface area (Å²) < 4.78 is 10.4. The van der Waals surface area contributed by atoms with E-state index >= 15 is 0 Å². The van der Waals surface area contributed by atoms with E-state index in [1.54, 1.807) is 67.8 Å². The van der Waals surface area contributed by atoms with Crippen LogP contribution in [0.15, 0.2) is 72.1 Å². The van der Waals surface area contributed by atoms with Crippen molar-refractivity contribution in [3.8, 4) is 11.5 Å². The number of benzene rings is 2. The fraction of sp³-hybridized carbons (Fsp3) is 0.0476. The lowest BCUT2D eigenvalue weighted by Crippen LogP contribution is -2.06. The molecule has 0 aliphatic rings. The number of ketones is 1. The van der Waals surface area contributed by atoms with Gasteiger partial charge in [-0.2, -0.15) is 0 Å². The Kier molecular flexibility index (Phi) is 5.61. The highest BCUT2D eigenvalue weighted by Crippen LogP contribution is 2.18. The van der Waals surface area contributed by atoms with E-state index in [1.165, 1.54) is 17.4 Å². The lowest BCUT2D eigenvalue weighted by Gasteiger charge is -2.03. The Balaban J connectivity index is 1.68. The molecule has 0 aliphatic carbocycles. The largest absolute Gasteiger partial charge is 0.497 e. The molecular formula is C21H16O4S. The summed E-state index contributed by atoms with van der Waals surface area (Å²) in [4.78, 5) is 24.8. The SMILES string of the molecule is COc1ccc(C(=O)C=Cc2cccc(OC(=O)c3cccs3)c2)cc1. The molecule has 0 saturated heterocycles. The van der Waals surface area contributed by atoms with Crippen LogP contribution in [0.3, 0.4) is 0 Å². The molecule has 0 bridgehead atoms. The fourth-order valence-corrected chi connectivity index (χ4v) is 2.86. The van der Waals surface area contributed by atoms with Gasteiger partial charge in [0.05, 0.1) is 7.11 Å². The normalized spacial score (nSPS) is 10.7. The predicted molar refractivity (Wildman–Crippen MR) is 102 cm³/mol. The van der Waals surface area contributed by atoms with Crippen molar-refractivity contribution in [3.05, 3.63) is 88.1 Å². The third kappa shape index (κ3) is 4.46. The molecular weight excluding hydrogens is 348 g/mol. The molecule has 0 atom stereocenters. The molecule has 3 aromatic rings. The summed E-state index contributed by atoms with van der Waals surface area (Å²) in [5.74, 6) is 0.623.